The Labute approximate surface area is 102 Å². The standard InChI is InChI=1S/C16H16O/c1-11-7-12(2)16(13(3)8-11)15-6-4-5-14(9-15)10-17/h4-10H,1-3H3. The molecule has 0 radical (unpaired) electrons. The van der Waals surface area contributed by atoms with E-state index in [4.69, 9.17) is 0 Å². The monoisotopic (exact) mass is 224 g/mol. The molecule has 0 N–H and O–H groups in total. The zero-order valence-corrected chi connectivity index (χ0v) is 10.4. The van der Waals surface area contributed by atoms with Crippen LogP contribution in [0, 0.1) is 20.8 Å². The third-order valence-electron chi connectivity index (χ3n) is 2.99. The van der Waals surface area contributed by atoms with Gasteiger partial charge >= 0.3 is 0 Å². The van der Waals surface area contributed by atoms with Gasteiger partial charge in [0.15, 0.2) is 0 Å². The summed E-state index contributed by atoms with van der Waals surface area (Å²) in [4.78, 5) is 10.8. The highest BCUT2D eigenvalue weighted by Gasteiger charge is 2.06. The Hall–Kier alpha value is -1.89. The highest BCUT2D eigenvalue weighted by molar-refractivity contribution is 5.80. The first kappa shape index (κ1) is 11.6. The van der Waals surface area contributed by atoms with Crippen molar-refractivity contribution in [1.29, 1.82) is 0 Å². The van der Waals surface area contributed by atoms with E-state index in [1.807, 2.05) is 18.2 Å². The van der Waals surface area contributed by atoms with Gasteiger partial charge in [-0.15, -0.1) is 0 Å². The molecule has 0 aliphatic rings. The average Bonchev–Trinajstić information content (AvgIpc) is 2.28. The number of carbonyl (C=O) groups is 1. The number of aryl methyl sites for hydroxylation is 3. The van der Waals surface area contributed by atoms with E-state index in [1.54, 1.807) is 0 Å². The minimum atomic E-state index is 0.724. The van der Waals surface area contributed by atoms with Crippen LogP contribution in [0.1, 0.15) is 27.0 Å². The summed E-state index contributed by atoms with van der Waals surface area (Å²) in [6, 6.07) is 12.1. The van der Waals surface area contributed by atoms with Gasteiger partial charge in [0.05, 0.1) is 0 Å². The third kappa shape index (κ3) is 2.28. The number of carbonyl (C=O) groups excluding carboxylic acids is 1. The van der Waals surface area contributed by atoms with E-state index in [2.05, 4.69) is 39.0 Å². The lowest BCUT2D eigenvalue weighted by Crippen LogP contribution is -1.91. The summed E-state index contributed by atoms with van der Waals surface area (Å²) in [5.74, 6) is 0. The molecule has 2 rings (SSSR count). The first-order valence-electron chi connectivity index (χ1n) is 5.75. The predicted octanol–water partition coefficient (Wildman–Crippen LogP) is 4.09. The summed E-state index contributed by atoms with van der Waals surface area (Å²) in [7, 11) is 0. The van der Waals surface area contributed by atoms with E-state index >= 15 is 0 Å². The summed E-state index contributed by atoms with van der Waals surface area (Å²) in [5, 5.41) is 0. The summed E-state index contributed by atoms with van der Waals surface area (Å²) >= 11 is 0. The molecule has 0 saturated heterocycles. The Bertz CT molecular complexity index is 544. The fourth-order valence-electron chi connectivity index (χ4n) is 2.40. The second-order valence-corrected chi connectivity index (χ2v) is 4.52. The van der Waals surface area contributed by atoms with Gasteiger partial charge < -0.3 is 0 Å². The van der Waals surface area contributed by atoms with E-state index in [0.29, 0.717) is 0 Å². The van der Waals surface area contributed by atoms with Crippen molar-refractivity contribution in [2.45, 2.75) is 20.8 Å². The molecule has 1 nitrogen and oxygen atoms in total. The highest BCUT2D eigenvalue weighted by atomic mass is 16.1. The van der Waals surface area contributed by atoms with Gasteiger partial charge in [-0.2, -0.15) is 0 Å². The molecule has 0 amide bonds. The van der Waals surface area contributed by atoms with Gasteiger partial charge in [0.1, 0.15) is 6.29 Å². The first-order valence-corrected chi connectivity index (χ1v) is 5.75. The maximum absolute atomic E-state index is 10.8. The van der Waals surface area contributed by atoms with Gasteiger partial charge in [-0.1, -0.05) is 35.9 Å². The Morgan fingerprint density at radius 2 is 1.59 bits per heavy atom. The number of hydrogen-bond donors (Lipinski definition) is 0. The van der Waals surface area contributed by atoms with Crippen molar-refractivity contribution in [3.05, 3.63) is 58.7 Å². The van der Waals surface area contributed by atoms with Crippen molar-refractivity contribution >= 4 is 6.29 Å². The van der Waals surface area contributed by atoms with Crippen molar-refractivity contribution in [2.75, 3.05) is 0 Å². The molecule has 0 aliphatic heterocycles. The molecule has 86 valence electrons. The third-order valence-corrected chi connectivity index (χ3v) is 2.99. The number of hydrogen-bond acceptors (Lipinski definition) is 1. The van der Waals surface area contributed by atoms with Gasteiger partial charge in [-0.25, -0.2) is 0 Å². The van der Waals surface area contributed by atoms with Crippen LogP contribution in [-0.4, -0.2) is 6.29 Å². The molecule has 0 aromatic heterocycles. The van der Waals surface area contributed by atoms with Crippen molar-refractivity contribution < 1.29 is 4.79 Å². The maximum atomic E-state index is 10.8. The zero-order valence-electron chi connectivity index (χ0n) is 10.4. The molecular weight excluding hydrogens is 208 g/mol. The van der Waals surface area contributed by atoms with Crippen molar-refractivity contribution in [3.63, 3.8) is 0 Å². The quantitative estimate of drug-likeness (QED) is 0.702. The molecule has 0 fully saturated rings. The van der Waals surface area contributed by atoms with Crippen LogP contribution in [-0.2, 0) is 0 Å². The smallest absolute Gasteiger partial charge is 0.150 e. The molecule has 0 atom stereocenters. The van der Waals surface area contributed by atoms with Crippen LogP contribution < -0.4 is 0 Å². The number of benzene rings is 2. The highest BCUT2D eigenvalue weighted by Crippen LogP contribution is 2.28. The van der Waals surface area contributed by atoms with E-state index in [1.165, 1.54) is 22.3 Å². The van der Waals surface area contributed by atoms with Crippen LogP contribution in [0.3, 0.4) is 0 Å². The van der Waals surface area contributed by atoms with Gasteiger partial charge in [-0.3, -0.25) is 4.79 Å². The first-order chi connectivity index (χ1) is 8.11. The van der Waals surface area contributed by atoms with E-state index < -0.39 is 0 Å². The lowest BCUT2D eigenvalue weighted by molar-refractivity contribution is 0.112. The second-order valence-electron chi connectivity index (χ2n) is 4.52. The fraction of sp³-hybridized carbons (Fsp3) is 0.188. The SMILES string of the molecule is Cc1cc(C)c(-c2cccc(C=O)c2)c(C)c1. The molecule has 2 aromatic rings. The molecule has 17 heavy (non-hydrogen) atoms. The van der Waals surface area contributed by atoms with Crippen LogP contribution in [0.5, 0.6) is 0 Å². The summed E-state index contributed by atoms with van der Waals surface area (Å²) < 4.78 is 0. The van der Waals surface area contributed by atoms with Gasteiger partial charge in [0, 0.05) is 5.56 Å². The average molecular weight is 224 g/mol. The summed E-state index contributed by atoms with van der Waals surface area (Å²) in [6.07, 6.45) is 0.891. The minimum Gasteiger partial charge on any atom is -0.298 e. The van der Waals surface area contributed by atoms with Crippen molar-refractivity contribution in [2.24, 2.45) is 0 Å². The second kappa shape index (κ2) is 4.54. The molecule has 2 aromatic carbocycles. The van der Waals surface area contributed by atoms with Crippen LogP contribution in [0.2, 0.25) is 0 Å². The van der Waals surface area contributed by atoms with E-state index in [9.17, 15) is 4.79 Å². The number of aldehydes is 1. The molecule has 0 saturated carbocycles. The largest absolute Gasteiger partial charge is 0.298 e. The molecule has 0 bridgehead atoms. The lowest BCUT2D eigenvalue weighted by Gasteiger charge is -2.11. The topological polar surface area (TPSA) is 17.1 Å². The Balaban J connectivity index is 2.63. The Morgan fingerprint density at radius 1 is 0.941 bits per heavy atom. The molecule has 0 spiro atoms. The molecular formula is C16H16O. The Kier molecular flexibility index (Phi) is 3.10. The zero-order chi connectivity index (χ0) is 12.4. The summed E-state index contributed by atoms with van der Waals surface area (Å²) in [6.45, 7) is 6.33. The van der Waals surface area contributed by atoms with Crippen LogP contribution in [0.4, 0.5) is 0 Å². The van der Waals surface area contributed by atoms with Gasteiger partial charge in [0.2, 0.25) is 0 Å². The molecule has 0 unspecified atom stereocenters. The molecule has 1 heteroatoms. The predicted molar refractivity (Wildman–Crippen MR) is 71.5 cm³/mol. The fourth-order valence-corrected chi connectivity index (χ4v) is 2.40. The normalized spacial score (nSPS) is 10.3. The van der Waals surface area contributed by atoms with Crippen LogP contribution in [0.15, 0.2) is 36.4 Å². The summed E-state index contributed by atoms with van der Waals surface area (Å²) in [5.41, 5.74) is 6.86. The molecule has 0 aliphatic carbocycles. The van der Waals surface area contributed by atoms with Gasteiger partial charge in [-0.05, 0) is 49.1 Å². The van der Waals surface area contributed by atoms with Crippen LogP contribution >= 0.6 is 0 Å². The van der Waals surface area contributed by atoms with Crippen molar-refractivity contribution in [1.82, 2.24) is 0 Å². The number of rotatable bonds is 2. The molecule has 0 heterocycles. The van der Waals surface area contributed by atoms with E-state index in [-0.39, 0.29) is 0 Å². The maximum Gasteiger partial charge on any atom is 0.150 e. The Morgan fingerprint density at radius 3 is 2.18 bits per heavy atom. The van der Waals surface area contributed by atoms with E-state index in [0.717, 1.165) is 17.4 Å². The van der Waals surface area contributed by atoms with Crippen LogP contribution in [0.25, 0.3) is 11.1 Å². The van der Waals surface area contributed by atoms with Crippen molar-refractivity contribution in [3.8, 4) is 11.1 Å². The van der Waals surface area contributed by atoms with Gasteiger partial charge in [0.25, 0.3) is 0 Å². The lowest BCUT2D eigenvalue weighted by atomic mass is 9.93. The minimum absolute atomic E-state index is 0.724.